The monoisotopic (exact) mass is 506 g/mol. The van der Waals surface area contributed by atoms with Gasteiger partial charge in [0.1, 0.15) is 11.6 Å². The van der Waals surface area contributed by atoms with Crippen LogP contribution in [0.4, 0.5) is 14.9 Å². The quantitative estimate of drug-likeness (QED) is 0.315. The van der Waals surface area contributed by atoms with Crippen molar-refractivity contribution in [2.75, 3.05) is 11.9 Å². The fourth-order valence-corrected chi connectivity index (χ4v) is 4.26. The molecular formula is C28H28ClFN4O2. The molecule has 0 spiro atoms. The molecule has 0 bridgehead atoms. The van der Waals surface area contributed by atoms with E-state index in [-0.39, 0.29) is 22.5 Å². The van der Waals surface area contributed by atoms with E-state index in [0.29, 0.717) is 34.6 Å². The van der Waals surface area contributed by atoms with Crippen molar-refractivity contribution in [2.45, 2.75) is 33.7 Å². The van der Waals surface area contributed by atoms with Crippen LogP contribution in [-0.4, -0.2) is 27.0 Å². The minimum absolute atomic E-state index is 0.109. The number of aromatic nitrogens is 2. The van der Waals surface area contributed by atoms with Gasteiger partial charge in [0.05, 0.1) is 27.7 Å². The summed E-state index contributed by atoms with van der Waals surface area (Å²) in [5.74, 6) is -0.0890. The van der Waals surface area contributed by atoms with Crippen LogP contribution < -0.4 is 10.9 Å². The molecule has 0 saturated heterocycles. The molecule has 1 N–H and O–H groups in total. The summed E-state index contributed by atoms with van der Waals surface area (Å²) in [7, 11) is 0. The van der Waals surface area contributed by atoms with E-state index in [1.54, 1.807) is 29.2 Å². The summed E-state index contributed by atoms with van der Waals surface area (Å²) in [4.78, 5) is 33.6. The first-order chi connectivity index (χ1) is 17.2. The molecule has 2 amide bonds. The molecule has 1 heterocycles. The molecule has 0 aliphatic carbocycles. The summed E-state index contributed by atoms with van der Waals surface area (Å²) in [6.45, 7) is 8.26. The summed E-state index contributed by atoms with van der Waals surface area (Å²) in [5.41, 5.74) is 2.31. The highest BCUT2D eigenvalue weighted by Crippen LogP contribution is 2.26. The van der Waals surface area contributed by atoms with E-state index in [2.05, 4.69) is 5.32 Å². The van der Waals surface area contributed by atoms with Gasteiger partial charge in [0.25, 0.3) is 5.56 Å². The van der Waals surface area contributed by atoms with E-state index in [1.165, 1.54) is 22.8 Å². The molecule has 36 heavy (non-hydrogen) atoms. The number of carbonyl (C=O) groups excluding carboxylic acids is 1. The van der Waals surface area contributed by atoms with E-state index in [1.807, 2.05) is 52.0 Å². The van der Waals surface area contributed by atoms with Crippen LogP contribution in [-0.2, 0) is 0 Å². The van der Waals surface area contributed by atoms with Crippen molar-refractivity contribution in [2.24, 2.45) is 5.92 Å². The SMILES string of the molecule is Cc1ccc(NC(=O)N(CC(C)C)C(C)c2nc3ccccc3c(=O)n2-c2ccc(F)c(Cl)c2)cc1. The molecule has 186 valence electrons. The molecule has 4 aromatic rings. The lowest BCUT2D eigenvalue weighted by Gasteiger charge is -2.32. The van der Waals surface area contributed by atoms with Gasteiger partial charge >= 0.3 is 6.03 Å². The number of fused-ring (bicyclic) bond motifs is 1. The van der Waals surface area contributed by atoms with Gasteiger partial charge in [0.15, 0.2) is 0 Å². The number of hydrogen-bond acceptors (Lipinski definition) is 3. The number of urea groups is 1. The molecule has 0 aliphatic heterocycles. The number of anilines is 1. The third-order valence-electron chi connectivity index (χ3n) is 5.93. The van der Waals surface area contributed by atoms with Gasteiger partial charge in [-0.05, 0) is 62.2 Å². The fourth-order valence-electron chi connectivity index (χ4n) is 4.09. The molecule has 0 saturated carbocycles. The van der Waals surface area contributed by atoms with E-state index in [4.69, 9.17) is 16.6 Å². The molecule has 1 atom stereocenters. The minimum atomic E-state index is -0.598. The summed E-state index contributed by atoms with van der Waals surface area (Å²) in [6.07, 6.45) is 0. The molecule has 6 nitrogen and oxygen atoms in total. The maximum atomic E-state index is 13.9. The fraction of sp³-hybridized carbons (Fsp3) is 0.250. The Bertz CT molecular complexity index is 1470. The Balaban J connectivity index is 1.85. The first-order valence-electron chi connectivity index (χ1n) is 11.8. The van der Waals surface area contributed by atoms with Gasteiger partial charge in [-0.25, -0.2) is 14.2 Å². The first-order valence-corrected chi connectivity index (χ1v) is 12.1. The Morgan fingerprint density at radius 1 is 1.08 bits per heavy atom. The molecule has 1 unspecified atom stereocenters. The maximum absolute atomic E-state index is 13.9. The second-order valence-corrected chi connectivity index (χ2v) is 9.65. The number of carbonyl (C=O) groups is 1. The third kappa shape index (κ3) is 5.26. The lowest BCUT2D eigenvalue weighted by atomic mass is 10.1. The number of rotatable bonds is 6. The zero-order valence-electron chi connectivity index (χ0n) is 20.6. The summed E-state index contributed by atoms with van der Waals surface area (Å²) >= 11 is 6.06. The Hall–Kier alpha value is -3.71. The molecule has 0 fully saturated rings. The molecule has 8 heteroatoms. The average Bonchev–Trinajstić information content (AvgIpc) is 2.85. The van der Waals surface area contributed by atoms with Crippen LogP contribution in [0.25, 0.3) is 16.6 Å². The summed E-state index contributed by atoms with van der Waals surface area (Å²) < 4.78 is 15.3. The van der Waals surface area contributed by atoms with Crippen molar-refractivity contribution >= 4 is 34.2 Å². The Morgan fingerprint density at radius 3 is 2.44 bits per heavy atom. The van der Waals surface area contributed by atoms with Crippen molar-refractivity contribution in [1.29, 1.82) is 0 Å². The number of para-hydroxylation sites is 1. The Labute approximate surface area is 214 Å². The smallest absolute Gasteiger partial charge is 0.314 e. The van der Waals surface area contributed by atoms with Gasteiger partial charge in [-0.1, -0.05) is 55.3 Å². The zero-order valence-corrected chi connectivity index (χ0v) is 21.4. The number of amides is 2. The van der Waals surface area contributed by atoms with E-state index < -0.39 is 11.9 Å². The highest BCUT2D eigenvalue weighted by atomic mass is 35.5. The van der Waals surface area contributed by atoms with Crippen LogP contribution in [0.3, 0.4) is 0 Å². The van der Waals surface area contributed by atoms with Crippen molar-refractivity contribution in [1.82, 2.24) is 14.5 Å². The van der Waals surface area contributed by atoms with E-state index in [9.17, 15) is 14.0 Å². The number of halogens is 2. The number of hydrogen-bond donors (Lipinski definition) is 1. The topological polar surface area (TPSA) is 67.2 Å². The number of nitrogens with zero attached hydrogens (tertiary/aromatic N) is 3. The molecular weight excluding hydrogens is 479 g/mol. The van der Waals surface area contributed by atoms with Crippen LogP contribution in [0.1, 0.15) is 38.2 Å². The number of nitrogens with one attached hydrogen (secondary N) is 1. The minimum Gasteiger partial charge on any atom is -0.314 e. The van der Waals surface area contributed by atoms with Crippen molar-refractivity contribution in [3.63, 3.8) is 0 Å². The molecule has 0 aliphatic rings. The summed E-state index contributed by atoms with van der Waals surface area (Å²) in [6, 6.07) is 17.7. The molecule has 3 aromatic carbocycles. The van der Waals surface area contributed by atoms with E-state index >= 15 is 0 Å². The van der Waals surface area contributed by atoms with Gasteiger partial charge < -0.3 is 10.2 Å². The highest BCUT2D eigenvalue weighted by Gasteiger charge is 2.28. The van der Waals surface area contributed by atoms with Crippen molar-refractivity contribution < 1.29 is 9.18 Å². The normalized spacial score (nSPS) is 12.1. The van der Waals surface area contributed by atoms with Gasteiger partial charge in [-0.2, -0.15) is 0 Å². The van der Waals surface area contributed by atoms with Crippen LogP contribution >= 0.6 is 11.6 Å². The predicted molar refractivity (Wildman–Crippen MR) is 142 cm³/mol. The van der Waals surface area contributed by atoms with Crippen LogP contribution in [0, 0.1) is 18.7 Å². The lowest BCUT2D eigenvalue weighted by molar-refractivity contribution is 0.179. The molecule has 0 radical (unpaired) electrons. The van der Waals surface area contributed by atoms with Gasteiger partial charge in [-0.3, -0.25) is 9.36 Å². The lowest BCUT2D eigenvalue weighted by Crippen LogP contribution is -2.41. The Kier molecular flexibility index (Phi) is 7.40. The maximum Gasteiger partial charge on any atom is 0.322 e. The predicted octanol–water partition coefficient (Wildman–Crippen LogP) is 6.74. The van der Waals surface area contributed by atoms with Crippen molar-refractivity contribution in [3.8, 4) is 5.69 Å². The van der Waals surface area contributed by atoms with Crippen LogP contribution in [0.2, 0.25) is 5.02 Å². The second kappa shape index (κ2) is 10.5. The van der Waals surface area contributed by atoms with Crippen LogP contribution in [0.15, 0.2) is 71.5 Å². The molecule has 1 aromatic heterocycles. The average molecular weight is 507 g/mol. The van der Waals surface area contributed by atoms with Crippen molar-refractivity contribution in [3.05, 3.63) is 99.3 Å². The standard InChI is InChI=1S/C28H28ClFN4O2/c1-17(2)16-33(28(36)31-20-11-9-18(3)10-12-20)19(4)26-32-25-8-6-5-7-22(25)27(35)34(26)21-13-14-24(30)23(29)15-21/h5-15,17,19H,16H2,1-4H3,(H,31,36). The summed E-state index contributed by atoms with van der Waals surface area (Å²) in [5, 5.41) is 3.26. The number of benzene rings is 3. The largest absolute Gasteiger partial charge is 0.322 e. The van der Waals surface area contributed by atoms with Crippen LogP contribution in [0.5, 0.6) is 0 Å². The van der Waals surface area contributed by atoms with E-state index in [0.717, 1.165) is 5.56 Å². The highest BCUT2D eigenvalue weighted by molar-refractivity contribution is 6.30. The van der Waals surface area contributed by atoms with Gasteiger partial charge in [0, 0.05) is 12.2 Å². The van der Waals surface area contributed by atoms with Gasteiger partial charge in [0.2, 0.25) is 0 Å². The first kappa shape index (κ1) is 25.4. The van der Waals surface area contributed by atoms with Gasteiger partial charge in [-0.15, -0.1) is 0 Å². The third-order valence-corrected chi connectivity index (χ3v) is 6.22. The molecule has 4 rings (SSSR count). The number of aryl methyl sites for hydroxylation is 1. The zero-order chi connectivity index (χ0) is 26.0. The second-order valence-electron chi connectivity index (χ2n) is 9.24. The Morgan fingerprint density at radius 2 is 1.78 bits per heavy atom.